The summed E-state index contributed by atoms with van der Waals surface area (Å²) in [7, 11) is 0. The fraction of sp³-hybridized carbons (Fsp3) is 0.467. The molecule has 2 heteroatoms. The molecular weight excluding hydrogens is 210 g/mol. The van der Waals surface area contributed by atoms with Gasteiger partial charge in [0.1, 0.15) is 11.3 Å². The van der Waals surface area contributed by atoms with Gasteiger partial charge in [0.05, 0.1) is 0 Å². The normalized spacial score (nSPS) is 17.7. The first kappa shape index (κ1) is 10.8. The molecule has 0 saturated carbocycles. The highest BCUT2D eigenvalue weighted by atomic mass is 16.3. The van der Waals surface area contributed by atoms with E-state index in [4.69, 9.17) is 4.42 Å². The lowest BCUT2D eigenvalue weighted by atomic mass is 9.93. The minimum atomic E-state index is 0.789. The van der Waals surface area contributed by atoms with Gasteiger partial charge in [-0.1, -0.05) is 12.1 Å². The van der Waals surface area contributed by atoms with E-state index in [0.717, 1.165) is 36.8 Å². The Morgan fingerprint density at radius 2 is 2.12 bits per heavy atom. The summed E-state index contributed by atoms with van der Waals surface area (Å²) in [5, 5.41) is 4.68. The molecule has 0 unspecified atom stereocenters. The highest BCUT2D eigenvalue weighted by Crippen LogP contribution is 2.26. The quantitative estimate of drug-likeness (QED) is 0.855. The predicted molar refractivity (Wildman–Crippen MR) is 70.2 cm³/mol. The summed E-state index contributed by atoms with van der Waals surface area (Å²) < 4.78 is 5.93. The summed E-state index contributed by atoms with van der Waals surface area (Å²) in [4.78, 5) is 0. The zero-order valence-corrected chi connectivity index (χ0v) is 10.3. The SMILES string of the molecule is Cc1cccc2oc(CC3CCNCC3)cc12. The fourth-order valence-corrected chi connectivity index (χ4v) is 2.73. The van der Waals surface area contributed by atoms with E-state index in [0.29, 0.717) is 0 Å². The third-order valence-electron chi connectivity index (χ3n) is 3.78. The Morgan fingerprint density at radius 3 is 2.88 bits per heavy atom. The molecule has 0 spiro atoms. The Morgan fingerprint density at radius 1 is 1.29 bits per heavy atom. The topological polar surface area (TPSA) is 25.2 Å². The summed E-state index contributed by atoms with van der Waals surface area (Å²) in [5.74, 6) is 1.94. The number of hydrogen-bond acceptors (Lipinski definition) is 2. The van der Waals surface area contributed by atoms with Crippen LogP contribution in [0.4, 0.5) is 0 Å². The standard InChI is InChI=1S/C15H19NO/c1-11-3-2-4-15-14(11)10-13(17-15)9-12-5-7-16-8-6-12/h2-4,10,12,16H,5-9H2,1H3. The van der Waals surface area contributed by atoms with Crippen molar-refractivity contribution in [3.05, 3.63) is 35.6 Å². The number of nitrogens with one attached hydrogen (secondary N) is 1. The molecule has 0 aliphatic carbocycles. The molecule has 2 aromatic rings. The number of fused-ring (bicyclic) bond motifs is 1. The van der Waals surface area contributed by atoms with E-state index in [2.05, 4.69) is 36.5 Å². The number of aryl methyl sites for hydroxylation is 1. The smallest absolute Gasteiger partial charge is 0.134 e. The zero-order chi connectivity index (χ0) is 11.7. The van der Waals surface area contributed by atoms with Gasteiger partial charge < -0.3 is 9.73 Å². The maximum atomic E-state index is 5.93. The molecule has 1 N–H and O–H groups in total. The van der Waals surface area contributed by atoms with Gasteiger partial charge in [-0.15, -0.1) is 0 Å². The second-order valence-corrected chi connectivity index (χ2v) is 5.10. The molecular formula is C15H19NO. The first-order chi connectivity index (χ1) is 8.33. The molecule has 1 aromatic carbocycles. The van der Waals surface area contributed by atoms with Crippen molar-refractivity contribution in [1.29, 1.82) is 0 Å². The zero-order valence-electron chi connectivity index (χ0n) is 10.3. The molecule has 2 nitrogen and oxygen atoms in total. The summed E-state index contributed by atoms with van der Waals surface area (Å²) in [6.45, 7) is 4.46. The van der Waals surface area contributed by atoms with E-state index in [-0.39, 0.29) is 0 Å². The molecule has 2 heterocycles. The maximum absolute atomic E-state index is 5.93. The van der Waals surface area contributed by atoms with Crippen LogP contribution in [0.2, 0.25) is 0 Å². The Hall–Kier alpha value is -1.28. The van der Waals surface area contributed by atoms with Gasteiger partial charge in [-0.2, -0.15) is 0 Å². The molecule has 0 amide bonds. The molecule has 1 fully saturated rings. The van der Waals surface area contributed by atoms with Crippen LogP contribution in [0.5, 0.6) is 0 Å². The van der Waals surface area contributed by atoms with E-state index in [1.54, 1.807) is 0 Å². The summed E-state index contributed by atoms with van der Waals surface area (Å²) in [6, 6.07) is 8.50. The van der Waals surface area contributed by atoms with Crippen LogP contribution in [-0.4, -0.2) is 13.1 Å². The molecule has 0 bridgehead atoms. The predicted octanol–water partition coefficient (Wildman–Crippen LogP) is 3.28. The minimum Gasteiger partial charge on any atom is -0.461 e. The lowest BCUT2D eigenvalue weighted by Gasteiger charge is -2.21. The largest absolute Gasteiger partial charge is 0.461 e. The molecule has 1 aromatic heterocycles. The van der Waals surface area contributed by atoms with Crippen LogP contribution in [0.25, 0.3) is 11.0 Å². The van der Waals surface area contributed by atoms with Crippen LogP contribution in [0.1, 0.15) is 24.2 Å². The van der Waals surface area contributed by atoms with Crippen molar-refractivity contribution in [1.82, 2.24) is 5.32 Å². The van der Waals surface area contributed by atoms with E-state index < -0.39 is 0 Å². The molecule has 1 saturated heterocycles. The highest BCUT2D eigenvalue weighted by Gasteiger charge is 2.16. The number of benzene rings is 1. The van der Waals surface area contributed by atoms with Crippen LogP contribution >= 0.6 is 0 Å². The molecule has 1 aliphatic rings. The van der Waals surface area contributed by atoms with Crippen molar-refractivity contribution < 1.29 is 4.42 Å². The molecule has 3 rings (SSSR count). The van der Waals surface area contributed by atoms with E-state index >= 15 is 0 Å². The lowest BCUT2D eigenvalue weighted by Crippen LogP contribution is -2.28. The third kappa shape index (κ3) is 2.22. The van der Waals surface area contributed by atoms with Crippen molar-refractivity contribution in [3.63, 3.8) is 0 Å². The van der Waals surface area contributed by atoms with Crippen molar-refractivity contribution in [3.8, 4) is 0 Å². The van der Waals surface area contributed by atoms with E-state index in [1.807, 2.05) is 0 Å². The second kappa shape index (κ2) is 4.53. The van der Waals surface area contributed by atoms with Gasteiger partial charge >= 0.3 is 0 Å². The van der Waals surface area contributed by atoms with Gasteiger partial charge in [0.15, 0.2) is 0 Å². The summed E-state index contributed by atoms with van der Waals surface area (Å²) in [6.07, 6.45) is 3.64. The van der Waals surface area contributed by atoms with Gasteiger partial charge in [-0.25, -0.2) is 0 Å². The lowest BCUT2D eigenvalue weighted by molar-refractivity contribution is 0.351. The monoisotopic (exact) mass is 229 g/mol. The van der Waals surface area contributed by atoms with E-state index in [1.165, 1.54) is 23.8 Å². The van der Waals surface area contributed by atoms with Gasteiger partial charge in [0.25, 0.3) is 0 Å². The first-order valence-electron chi connectivity index (χ1n) is 6.52. The maximum Gasteiger partial charge on any atom is 0.134 e. The highest BCUT2D eigenvalue weighted by molar-refractivity contribution is 5.81. The number of furan rings is 1. The number of rotatable bonds is 2. The van der Waals surface area contributed by atoms with Gasteiger partial charge in [-0.05, 0) is 56.5 Å². The van der Waals surface area contributed by atoms with Gasteiger partial charge in [0, 0.05) is 11.8 Å². The molecule has 0 radical (unpaired) electrons. The average Bonchev–Trinajstić information content (AvgIpc) is 2.74. The minimum absolute atomic E-state index is 0.789. The van der Waals surface area contributed by atoms with Crippen molar-refractivity contribution in [2.24, 2.45) is 5.92 Å². The van der Waals surface area contributed by atoms with Crippen molar-refractivity contribution in [2.45, 2.75) is 26.2 Å². The summed E-state index contributed by atoms with van der Waals surface area (Å²) >= 11 is 0. The van der Waals surface area contributed by atoms with Gasteiger partial charge in [-0.3, -0.25) is 0 Å². The Balaban J connectivity index is 1.83. The molecule has 17 heavy (non-hydrogen) atoms. The van der Waals surface area contributed by atoms with Crippen LogP contribution in [0, 0.1) is 12.8 Å². The van der Waals surface area contributed by atoms with Crippen LogP contribution in [-0.2, 0) is 6.42 Å². The van der Waals surface area contributed by atoms with Crippen molar-refractivity contribution >= 4 is 11.0 Å². The van der Waals surface area contributed by atoms with Gasteiger partial charge in [0.2, 0.25) is 0 Å². The fourth-order valence-electron chi connectivity index (χ4n) is 2.73. The van der Waals surface area contributed by atoms with E-state index in [9.17, 15) is 0 Å². The van der Waals surface area contributed by atoms with Crippen molar-refractivity contribution in [2.75, 3.05) is 13.1 Å². The molecule has 90 valence electrons. The summed E-state index contributed by atoms with van der Waals surface area (Å²) in [5.41, 5.74) is 2.34. The third-order valence-corrected chi connectivity index (χ3v) is 3.78. The van der Waals surface area contributed by atoms with Crippen LogP contribution < -0.4 is 5.32 Å². The average molecular weight is 229 g/mol. The Kier molecular flexibility index (Phi) is 2.89. The second-order valence-electron chi connectivity index (χ2n) is 5.10. The number of hydrogen-bond donors (Lipinski definition) is 1. The first-order valence-corrected chi connectivity index (χ1v) is 6.52. The Labute approximate surface area is 102 Å². The molecule has 1 aliphatic heterocycles. The molecule has 0 atom stereocenters. The van der Waals surface area contributed by atoms with Crippen LogP contribution in [0.15, 0.2) is 28.7 Å². The Bertz CT molecular complexity index is 509. The van der Waals surface area contributed by atoms with Crippen LogP contribution in [0.3, 0.4) is 0 Å². The number of piperidine rings is 1.